The molecule has 1 aliphatic rings. The van der Waals surface area contributed by atoms with E-state index in [4.69, 9.17) is 5.73 Å². The number of amides is 3. The lowest BCUT2D eigenvalue weighted by Gasteiger charge is -2.22. The van der Waals surface area contributed by atoms with Gasteiger partial charge in [0, 0.05) is 12.2 Å². The minimum Gasteiger partial charge on any atom is -0.330 e. The van der Waals surface area contributed by atoms with Gasteiger partial charge >= 0.3 is 6.03 Å². The zero-order valence-corrected chi connectivity index (χ0v) is 12.3. The Morgan fingerprint density at radius 1 is 1.33 bits per heavy atom. The molecule has 1 unspecified atom stereocenters. The van der Waals surface area contributed by atoms with E-state index in [0.29, 0.717) is 12.2 Å². The summed E-state index contributed by atoms with van der Waals surface area (Å²) in [5, 5.41) is 4.95. The molecule has 1 aromatic carbocycles. The second kappa shape index (κ2) is 6.69. The highest BCUT2D eigenvalue weighted by atomic mass is 16.2. The number of hydrogen-bond donors (Lipinski definition) is 3. The SMILES string of the molecule is CC1(CN)CCN(CC(=O)NC(=O)Nc2ccccc2)C1. The van der Waals surface area contributed by atoms with Gasteiger partial charge in [0.25, 0.3) is 0 Å². The van der Waals surface area contributed by atoms with Gasteiger partial charge < -0.3 is 11.1 Å². The molecule has 1 atom stereocenters. The normalized spacial score (nSPS) is 22.0. The molecule has 0 spiro atoms. The van der Waals surface area contributed by atoms with E-state index in [1.165, 1.54) is 0 Å². The molecule has 1 aliphatic heterocycles. The molecule has 0 aliphatic carbocycles. The molecule has 1 saturated heterocycles. The number of anilines is 1. The molecule has 6 nitrogen and oxygen atoms in total. The summed E-state index contributed by atoms with van der Waals surface area (Å²) in [6.45, 7) is 4.57. The average molecular weight is 290 g/mol. The Morgan fingerprint density at radius 3 is 2.67 bits per heavy atom. The number of likely N-dealkylation sites (tertiary alicyclic amines) is 1. The van der Waals surface area contributed by atoms with Crippen LogP contribution >= 0.6 is 0 Å². The molecule has 1 aromatic rings. The summed E-state index contributed by atoms with van der Waals surface area (Å²) < 4.78 is 0. The van der Waals surface area contributed by atoms with E-state index in [0.717, 1.165) is 19.5 Å². The molecule has 6 heteroatoms. The first kappa shape index (κ1) is 15.5. The first-order chi connectivity index (χ1) is 10.0. The summed E-state index contributed by atoms with van der Waals surface area (Å²) in [5.41, 5.74) is 6.46. The predicted octanol–water partition coefficient (Wildman–Crippen LogP) is 1.01. The summed E-state index contributed by atoms with van der Waals surface area (Å²) >= 11 is 0. The maximum Gasteiger partial charge on any atom is 0.325 e. The van der Waals surface area contributed by atoms with Gasteiger partial charge in [-0.05, 0) is 37.1 Å². The van der Waals surface area contributed by atoms with Gasteiger partial charge in [-0.25, -0.2) is 4.79 Å². The first-order valence-electron chi connectivity index (χ1n) is 7.09. The van der Waals surface area contributed by atoms with E-state index >= 15 is 0 Å². The highest BCUT2D eigenvalue weighted by Gasteiger charge is 2.33. The molecule has 0 radical (unpaired) electrons. The zero-order chi connectivity index (χ0) is 15.3. The number of urea groups is 1. The van der Waals surface area contributed by atoms with Crippen molar-refractivity contribution in [2.75, 3.05) is 31.5 Å². The van der Waals surface area contributed by atoms with Crippen molar-refractivity contribution in [2.45, 2.75) is 13.3 Å². The number of rotatable bonds is 4. The van der Waals surface area contributed by atoms with Crippen LogP contribution in [0.4, 0.5) is 10.5 Å². The highest BCUT2D eigenvalue weighted by molar-refractivity contribution is 6.01. The molecular weight excluding hydrogens is 268 g/mol. The topological polar surface area (TPSA) is 87.5 Å². The Hall–Kier alpha value is -1.92. The summed E-state index contributed by atoms with van der Waals surface area (Å²) in [6.07, 6.45) is 0.979. The van der Waals surface area contributed by atoms with Gasteiger partial charge in [-0.1, -0.05) is 25.1 Å². The van der Waals surface area contributed by atoms with Crippen molar-refractivity contribution >= 4 is 17.6 Å². The minimum absolute atomic E-state index is 0.0760. The van der Waals surface area contributed by atoms with Crippen LogP contribution < -0.4 is 16.4 Å². The Bertz CT molecular complexity index is 506. The fourth-order valence-corrected chi connectivity index (χ4v) is 2.48. The molecule has 0 saturated carbocycles. The second-order valence-corrected chi connectivity index (χ2v) is 5.84. The maximum absolute atomic E-state index is 11.9. The number of para-hydroxylation sites is 1. The fraction of sp³-hybridized carbons (Fsp3) is 0.467. The van der Waals surface area contributed by atoms with E-state index in [1.54, 1.807) is 12.1 Å². The molecule has 3 amide bonds. The van der Waals surface area contributed by atoms with Crippen LogP contribution in [0.5, 0.6) is 0 Å². The first-order valence-corrected chi connectivity index (χ1v) is 7.09. The third kappa shape index (κ3) is 4.54. The van der Waals surface area contributed by atoms with Gasteiger partial charge in [0.05, 0.1) is 6.54 Å². The molecule has 2 rings (SSSR count). The van der Waals surface area contributed by atoms with E-state index in [2.05, 4.69) is 17.6 Å². The van der Waals surface area contributed by atoms with Gasteiger partial charge in [-0.2, -0.15) is 0 Å². The number of imide groups is 1. The summed E-state index contributed by atoms with van der Waals surface area (Å²) in [7, 11) is 0. The van der Waals surface area contributed by atoms with Crippen molar-refractivity contribution in [3.8, 4) is 0 Å². The van der Waals surface area contributed by atoms with Crippen LogP contribution in [0.15, 0.2) is 30.3 Å². The van der Waals surface area contributed by atoms with Crippen molar-refractivity contribution in [1.82, 2.24) is 10.2 Å². The Balaban J connectivity index is 1.76. The van der Waals surface area contributed by atoms with Gasteiger partial charge in [0.15, 0.2) is 0 Å². The van der Waals surface area contributed by atoms with Crippen LogP contribution in [-0.4, -0.2) is 43.0 Å². The monoisotopic (exact) mass is 290 g/mol. The number of benzene rings is 1. The highest BCUT2D eigenvalue weighted by Crippen LogP contribution is 2.27. The molecule has 0 aromatic heterocycles. The second-order valence-electron chi connectivity index (χ2n) is 5.84. The van der Waals surface area contributed by atoms with Crippen LogP contribution in [0.3, 0.4) is 0 Å². The van der Waals surface area contributed by atoms with Crippen molar-refractivity contribution in [1.29, 1.82) is 0 Å². The van der Waals surface area contributed by atoms with Gasteiger partial charge in [-0.15, -0.1) is 0 Å². The van der Waals surface area contributed by atoms with Crippen LogP contribution in [0.2, 0.25) is 0 Å². The number of nitrogens with two attached hydrogens (primary N) is 1. The van der Waals surface area contributed by atoms with E-state index in [1.807, 2.05) is 23.1 Å². The quantitative estimate of drug-likeness (QED) is 0.772. The van der Waals surface area contributed by atoms with Crippen LogP contribution in [0.25, 0.3) is 0 Å². The lowest BCUT2D eigenvalue weighted by atomic mass is 9.90. The fourth-order valence-electron chi connectivity index (χ4n) is 2.48. The number of hydrogen-bond acceptors (Lipinski definition) is 4. The standard InChI is InChI=1S/C15H22N4O2/c1-15(10-16)7-8-19(11-15)9-13(20)18-14(21)17-12-5-3-2-4-6-12/h2-6H,7-11,16H2,1H3,(H2,17,18,20,21). The molecule has 21 heavy (non-hydrogen) atoms. The summed E-state index contributed by atoms with van der Waals surface area (Å²) in [5.74, 6) is -0.301. The number of carbonyl (C=O) groups is 2. The maximum atomic E-state index is 11.9. The number of nitrogens with zero attached hydrogens (tertiary/aromatic N) is 1. The van der Waals surface area contributed by atoms with Crippen molar-refractivity contribution in [3.63, 3.8) is 0 Å². The smallest absolute Gasteiger partial charge is 0.325 e. The summed E-state index contributed by atoms with van der Waals surface area (Å²) in [6, 6.07) is 8.50. The van der Waals surface area contributed by atoms with Crippen LogP contribution in [-0.2, 0) is 4.79 Å². The Kier molecular flexibility index (Phi) is 4.93. The molecule has 4 N–H and O–H groups in total. The number of carbonyl (C=O) groups excluding carboxylic acids is 2. The third-order valence-corrected chi connectivity index (χ3v) is 3.78. The van der Waals surface area contributed by atoms with E-state index in [9.17, 15) is 9.59 Å². The summed E-state index contributed by atoms with van der Waals surface area (Å²) in [4.78, 5) is 25.6. The van der Waals surface area contributed by atoms with Gasteiger partial charge in [0.1, 0.15) is 0 Å². The van der Waals surface area contributed by atoms with Crippen molar-refractivity contribution < 1.29 is 9.59 Å². The Morgan fingerprint density at radius 2 is 2.05 bits per heavy atom. The molecule has 0 bridgehead atoms. The zero-order valence-electron chi connectivity index (χ0n) is 12.3. The van der Waals surface area contributed by atoms with Crippen molar-refractivity contribution in [3.05, 3.63) is 30.3 Å². The van der Waals surface area contributed by atoms with Crippen molar-refractivity contribution in [2.24, 2.45) is 11.1 Å². The van der Waals surface area contributed by atoms with E-state index < -0.39 is 6.03 Å². The number of nitrogens with one attached hydrogen (secondary N) is 2. The van der Waals surface area contributed by atoms with Gasteiger partial charge in [-0.3, -0.25) is 15.0 Å². The van der Waals surface area contributed by atoms with Gasteiger partial charge in [0.2, 0.25) is 5.91 Å². The minimum atomic E-state index is -0.507. The molecule has 1 heterocycles. The lowest BCUT2D eigenvalue weighted by Crippen LogP contribution is -2.42. The third-order valence-electron chi connectivity index (χ3n) is 3.78. The molecule has 114 valence electrons. The van der Waals surface area contributed by atoms with Crippen LogP contribution in [0, 0.1) is 5.41 Å². The average Bonchev–Trinajstić information content (AvgIpc) is 2.81. The molecular formula is C15H22N4O2. The van der Waals surface area contributed by atoms with E-state index in [-0.39, 0.29) is 17.9 Å². The molecule has 1 fully saturated rings. The largest absolute Gasteiger partial charge is 0.330 e. The van der Waals surface area contributed by atoms with Crippen LogP contribution in [0.1, 0.15) is 13.3 Å². The Labute approximate surface area is 124 Å². The predicted molar refractivity (Wildman–Crippen MR) is 81.8 cm³/mol. The lowest BCUT2D eigenvalue weighted by molar-refractivity contribution is -0.120.